The minimum Gasteiger partial charge on any atom is -0.392 e. The molecule has 1 N–H and O–H groups in total. The van der Waals surface area contributed by atoms with E-state index in [0.29, 0.717) is 26.2 Å². The average Bonchev–Trinajstić information content (AvgIpc) is 2.72. The molecule has 1 heterocycles. The van der Waals surface area contributed by atoms with Gasteiger partial charge < -0.3 is 19.3 Å². The van der Waals surface area contributed by atoms with E-state index in [2.05, 4.69) is 0 Å². The van der Waals surface area contributed by atoms with Crippen molar-refractivity contribution < 1.29 is 24.1 Å². The molecule has 1 aliphatic heterocycles. The molecule has 5 heteroatoms. The predicted octanol–water partition coefficient (Wildman–Crippen LogP) is 4.36. The maximum atomic E-state index is 13.1. The summed E-state index contributed by atoms with van der Waals surface area (Å²) >= 11 is 0. The summed E-state index contributed by atoms with van der Waals surface area (Å²) in [5, 5.41) is 10.8. The zero-order chi connectivity index (χ0) is 21.4. The lowest BCUT2D eigenvalue weighted by Crippen LogP contribution is -2.48. The summed E-state index contributed by atoms with van der Waals surface area (Å²) in [4.78, 5) is 13.1. The Bertz CT molecular complexity index is 615. The van der Waals surface area contributed by atoms with Crippen LogP contribution in [0.5, 0.6) is 0 Å². The zero-order valence-corrected chi connectivity index (χ0v) is 18.6. The third-order valence-corrected chi connectivity index (χ3v) is 6.10. The van der Waals surface area contributed by atoms with Gasteiger partial charge in [-0.1, -0.05) is 58.0 Å². The van der Waals surface area contributed by atoms with Crippen LogP contribution in [0.2, 0.25) is 0 Å². The molecule has 0 aromatic heterocycles. The summed E-state index contributed by atoms with van der Waals surface area (Å²) in [5.74, 6) is -0.358. The van der Waals surface area contributed by atoms with E-state index in [9.17, 15) is 9.90 Å². The molecule has 0 spiro atoms. The SMILES string of the molecule is CC1OCC[C@@H](C(C)(C)C(=O)C(C)[C@@H](O)C(C)CCCOCc2ccccc2)O1. The van der Waals surface area contributed by atoms with Crippen molar-refractivity contribution in [3.63, 3.8) is 0 Å². The smallest absolute Gasteiger partial charge is 0.155 e. The lowest BCUT2D eigenvalue weighted by Gasteiger charge is -2.40. The molecule has 164 valence electrons. The van der Waals surface area contributed by atoms with E-state index in [-0.39, 0.29) is 24.1 Å². The number of rotatable bonds is 11. The predicted molar refractivity (Wildman–Crippen MR) is 113 cm³/mol. The van der Waals surface area contributed by atoms with Gasteiger partial charge in [-0.05, 0) is 37.7 Å². The molecule has 1 aliphatic rings. The van der Waals surface area contributed by atoms with Gasteiger partial charge in [-0.2, -0.15) is 0 Å². The van der Waals surface area contributed by atoms with E-state index in [1.165, 1.54) is 0 Å². The van der Waals surface area contributed by atoms with Gasteiger partial charge in [0.05, 0.1) is 30.8 Å². The number of carbonyl (C=O) groups excluding carboxylic acids is 1. The Hall–Kier alpha value is -1.27. The van der Waals surface area contributed by atoms with Gasteiger partial charge in [-0.3, -0.25) is 4.79 Å². The van der Waals surface area contributed by atoms with Crippen molar-refractivity contribution in [3.8, 4) is 0 Å². The van der Waals surface area contributed by atoms with Crippen LogP contribution in [0.15, 0.2) is 30.3 Å². The van der Waals surface area contributed by atoms with Crippen LogP contribution in [-0.4, -0.2) is 42.6 Å². The van der Waals surface area contributed by atoms with Crippen molar-refractivity contribution in [3.05, 3.63) is 35.9 Å². The van der Waals surface area contributed by atoms with E-state index in [0.717, 1.165) is 18.4 Å². The van der Waals surface area contributed by atoms with Crippen molar-refractivity contribution in [1.29, 1.82) is 0 Å². The molecule has 1 fully saturated rings. The Morgan fingerprint density at radius 2 is 1.97 bits per heavy atom. The normalized spacial score (nSPS) is 23.4. The van der Waals surface area contributed by atoms with Crippen molar-refractivity contribution in [2.24, 2.45) is 17.3 Å². The third-order valence-electron chi connectivity index (χ3n) is 6.10. The summed E-state index contributed by atoms with van der Waals surface area (Å²) in [6, 6.07) is 10.1. The molecule has 1 aromatic carbocycles. The van der Waals surface area contributed by atoms with E-state index in [1.54, 1.807) is 0 Å². The van der Waals surface area contributed by atoms with Gasteiger partial charge in [-0.25, -0.2) is 0 Å². The molecule has 1 saturated heterocycles. The first-order valence-electron chi connectivity index (χ1n) is 10.8. The van der Waals surface area contributed by atoms with Crippen LogP contribution in [0.25, 0.3) is 0 Å². The maximum absolute atomic E-state index is 13.1. The Balaban J connectivity index is 1.76. The molecule has 3 unspecified atom stereocenters. The Morgan fingerprint density at radius 3 is 2.62 bits per heavy atom. The van der Waals surface area contributed by atoms with Crippen LogP contribution in [0, 0.1) is 17.3 Å². The summed E-state index contributed by atoms with van der Waals surface area (Å²) in [7, 11) is 0. The van der Waals surface area contributed by atoms with Crippen LogP contribution < -0.4 is 0 Å². The molecule has 0 saturated carbocycles. The van der Waals surface area contributed by atoms with Crippen molar-refractivity contribution in [2.45, 2.75) is 79.0 Å². The molecule has 0 bridgehead atoms. The molecule has 5 atom stereocenters. The monoisotopic (exact) mass is 406 g/mol. The zero-order valence-electron chi connectivity index (χ0n) is 18.6. The second-order valence-corrected chi connectivity index (χ2v) is 8.87. The number of carbonyl (C=O) groups is 1. The fourth-order valence-corrected chi connectivity index (χ4v) is 4.05. The fraction of sp³-hybridized carbons (Fsp3) is 0.708. The van der Waals surface area contributed by atoms with Gasteiger partial charge in [0.25, 0.3) is 0 Å². The number of hydrogen-bond donors (Lipinski definition) is 1. The number of aliphatic hydroxyl groups excluding tert-OH is 1. The number of ether oxygens (including phenoxy) is 3. The lowest BCUT2D eigenvalue weighted by atomic mass is 9.73. The van der Waals surface area contributed by atoms with Crippen molar-refractivity contribution in [2.75, 3.05) is 13.2 Å². The largest absolute Gasteiger partial charge is 0.392 e. The minimum atomic E-state index is -0.673. The maximum Gasteiger partial charge on any atom is 0.155 e. The van der Waals surface area contributed by atoms with Crippen molar-refractivity contribution in [1.82, 2.24) is 0 Å². The summed E-state index contributed by atoms with van der Waals surface area (Å²) in [6.45, 7) is 11.4. The molecule has 0 amide bonds. The first-order chi connectivity index (χ1) is 13.7. The highest BCUT2D eigenvalue weighted by Crippen LogP contribution is 2.35. The highest BCUT2D eigenvalue weighted by molar-refractivity contribution is 5.87. The number of aliphatic hydroxyl groups is 1. The van der Waals surface area contributed by atoms with Crippen molar-refractivity contribution >= 4 is 5.78 Å². The molecule has 1 aromatic rings. The molecule has 29 heavy (non-hydrogen) atoms. The van der Waals surface area contributed by atoms with E-state index < -0.39 is 17.4 Å². The van der Waals surface area contributed by atoms with Gasteiger partial charge in [0.2, 0.25) is 0 Å². The summed E-state index contributed by atoms with van der Waals surface area (Å²) < 4.78 is 17.0. The highest BCUT2D eigenvalue weighted by atomic mass is 16.7. The Morgan fingerprint density at radius 1 is 1.28 bits per heavy atom. The standard InChI is InChI=1S/C24H38O5/c1-17(10-9-14-27-16-20-11-7-6-8-12-20)22(25)18(2)23(26)24(4,5)21-13-15-28-19(3)29-21/h6-8,11-12,17-19,21-22,25H,9-10,13-16H2,1-5H3/t17?,18?,19?,21-,22-/m0/s1. The van der Waals surface area contributed by atoms with Gasteiger partial charge in [0, 0.05) is 12.5 Å². The Kier molecular flexibility index (Phi) is 9.28. The minimum absolute atomic E-state index is 0.0274. The van der Waals surface area contributed by atoms with Crippen LogP contribution in [0.1, 0.15) is 59.4 Å². The van der Waals surface area contributed by atoms with Crippen LogP contribution in [0.4, 0.5) is 0 Å². The molecule has 0 radical (unpaired) electrons. The summed E-state index contributed by atoms with van der Waals surface area (Å²) in [5.41, 5.74) is 0.503. The van der Waals surface area contributed by atoms with E-state index in [1.807, 2.05) is 65.0 Å². The van der Waals surface area contributed by atoms with Crippen LogP contribution >= 0.6 is 0 Å². The van der Waals surface area contributed by atoms with Crippen LogP contribution in [0.3, 0.4) is 0 Å². The van der Waals surface area contributed by atoms with Gasteiger partial charge in [0.1, 0.15) is 5.78 Å². The first kappa shape index (κ1) is 24.0. The third kappa shape index (κ3) is 6.88. The topological polar surface area (TPSA) is 65.0 Å². The second-order valence-electron chi connectivity index (χ2n) is 8.87. The molecule has 0 aliphatic carbocycles. The highest BCUT2D eigenvalue weighted by Gasteiger charge is 2.43. The number of hydrogen-bond acceptors (Lipinski definition) is 5. The number of Topliss-reactive ketones (excluding diaryl/α,β-unsaturated/α-hetero) is 1. The van der Waals surface area contributed by atoms with Gasteiger partial charge in [-0.15, -0.1) is 0 Å². The van der Waals surface area contributed by atoms with E-state index >= 15 is 0 Å². The molecule has 2 rings (SSSR count). The molecular formula is C24H38O5. The van der Waals surface area contributed by atoms with Gasteiger partial charge >= 0.3 is 0 Å². The summed E-state index contributed by atoms with van der Waals surface area (Å²) in [6.07, 6.45) is 1.22. The van der Waals surface area contributed by atoms with Gasteiger partial charge in [0.15, 0.2) is 6.29 Å². The molecular weight excluding hydrogens is 368 g/mol. The lowest BCUT2D eigenvalue weighted by molar-refractivity contribution is -0.227. The number of benzene rings is 1. The average molecular weight is 407 g/mol. The fourth-order valence-electron chi connectivity index (χ4n) is 4.05. The quantitative estimate of drug-likeness (QED) is 0.553. The molecule has 5 nitrogen and oxygen atoms in total. The first-order valence-corrected chi connectivity index (χ1v) is 10.8. The second kappa shape index (κ2) is 11.2. The van der Waals surface area contributed by atoms with Crippen LogP contribution in [-0.2, 0) is 25.6 Å². The Labute approximate surface area is 175 Å². The van der Waals surface area contributed by atoms with E-state index in [4.69, 9.17) is 14.2 Å². The number of ketones is 1.